The molecule has 1 fully saturated rings. The monoisotopic (exact) mass is 448 g/mol. The van der Waals surface area contributed by atoms with Crippen LogP contribution in [0.1, 0.15) is 26.7 Å². The molecule has 0 bridgehead atoms. The molecule has 1 aliphatic rings. The quantitative estimate of drug-likeness (QED) is 0.592. The number of hydrogen-bond acceptors (Lipinski definition) is 8. The van der Waals surface area contributed by atoms with E-state index in [4.69, 9.17) is 4.42 Å². The van der Waals surface area contributed by atoms with Gasteiger partial charge in [-0.1, -0.05) is 0 Å². The third-order valence-electron chi connectivity index (χ3n) is 5.07. The molecular weight excluding hydrogens is 423 g/mol. The lowest BCUT2D eigenvalue weighted by molar-refractivity contribution is 0.331. The molecule has 3 heterocycles. The van der Waals surface area contributed by atoms with Gasteiger partial charge in [0.2, 0.25) is 16.0 Å². The highest BCUT2D eigenvalue weighted by molar-refractivity contribution is 7.88. The van der Waals surface area contributed by atoms with Crippen molar-refractivity contribution in [3.05, 3.63) is 30.2 Å². The van der Waals surface area contributed by atoms with Gasteiger partial charge in [-0.05, 0) is 44.9 Å². The second kappa shape index (κ2) is 8.39. The topological polar surface area (TPSA) is 113 Å². The summed E-state index contributed by atoms with van der Waals surface area (Å²) >= 11 is 0. The van der Waals surface area contributed by atoms with E-state index in [9.17, 15) is 12.8 Å². The molecule has 2 N–H and O–H groups in total. The molecule has 0 saturated carbocycles. The third-order valence-corrected chi connectivity index (χ3v) is 6.38. The van der Waals surface area contributed by atoms with Gasteiger partial charge in [-0.15, -0.1) is 0 Å². The zero-order chi connectivity index (χ0) is 22.2. The maximum atomic E-state index is 14.5. The van der Waals surface area contributed by atoms with Crippen molar-refractivity contribution in [2.75, 3.05) is 30.0 Å². The number of fused-ring (bicyclic) bond motifs is 1. The van der Waals surface area contributed by atoms with E-state index < -0.39 is 15.8 Å². The number of oxazole rings is 1. The van der Waals surface area contributed by atoms with Crippen molar-refractivity contribution in [1.29, 1.82) is 0 Å². The normalized spacial score (nSPS) is 16.2. The summed E-state index contributed by atoms with van der Waals surface area (Å²) in [5, 5.41) is 6.30. The van der Waals surface area contributed by atoms with Gasteiger partial charge in [-0.3, -0.25) is 0 Å². The molecule has 2 aromatic heterocycles. The summed E-state index contributed by atoms with van der Waals surface area (Å²) < 4.78 is 44.9. The van der Waals surface area contributed by atoms with Gasteiger partial charge in [0.25, 0.3) is 6.01 Å². The lowest BCUT2D eigenvalue weighted by atomic mass is 10.1. The number of anilines is 2. The molecule has 0 aliphatic carbocycles. The predicted octanol–water partition coefficient (Wildman–Crippen LogP) is 3.08. The minimum absolute atomic E-state index is 0.0130. The van der Waals surface area contributed by atoms with Crippen LogP contribution in [-0.4, -0.2) is 59.1 Å². The van der Waals surface area contributed by atoms with Crippen LogP contribution in [0.2, 0.25) is 0 Å². The van der Waals surface area contributed by atoms with E-state index in [2.05, 4.69) is 25.6 Å². The number of piperidine rings is 1. The Balaban J connectivity index is 1.53. The van der Waals surface area contributed by atoms with Crippen molar-refractivity contribution in [1.82, 2.24) is 19.3 Å². The molecule has 31 heavy (non-hydrogen) atoms. The first-order valence-corrected chi connectivity index (χ1v) is 12.0. The van der Waals surface area contributed by atoms with E-state index >= 15 is 0 Å². The molecule has 9 nitrogen and oxygen atoms in total. The Morgan fingerprint density at radius 2 is 1.97 bits per heavy atom. The Bertz CT molecular complexity index is 1190. The molecule has 0 spiro atoms. The number of hydrogen-bond donors (Lipinski definition) is 2. The number of nitrogens with zero attached hydrogens (tertiary/aromatic N) is 4. The number of benzene rings is 1. The summed E-state index contributed by atoms with van der Waals surface area (Å²) in [4.78, 5) is 12.8. The fourth-order valence-corrected chi connectivity index (χ4v) is 4.41. The molecule has 0 amide bonds. The first-order chi connectivity index (χ1) is 14.7. The fourth-order valence-electron chi connectivity index (χ4n) is 3.54. The summed E-state index contributed by atoms with van der Waals surface area (Å²) in [6.07, 6.45) is 3.60. The Hall–Kier alpha value is -2.79. The number of rotatable bonds is 6. The van der Waals surface area contributed by atoms with Crippen molar-refractivity contribution >= 4 is 33.1 Å². The highest BCUT2D eigenvalue weighted by Gasteiger charge is 2.25. The van der Waals surface area contributed by atoms with Gasteiger partial charge in [0, 0.05) is 30.7 Å². The first kappa shape index (κ1) is 21.4. The third kappa shape index (κ3) is 4.93. The maximum Gasteiger partial charge on any atom is 0.295 e. The van der Waals surface area contributed by atoms with E-state index in [-0.39, 0.29) is 17.8 Å². The first-order valence-electron chi connectivity index (χ1n) is 10.1. The Kier molecular flexibility index (Phi) is 5.80. The van der Waals surface area contributed by atoms with Crippen LogP contribution < -0.4 is 10.6 Å². The van der Waals surface area contributed by atoms with Crippen LogP contribution in [0, 0.1) is 5.82 Å². The largest absolute Gasteiger partial charge is 0.424 e. The Morgan fingerprint density at radius 3 is 2.65 bits per heavy atom. The summed E-state index contributed by atoms with van der Waals surface area (Å²) in [5.41, 5.74) is 1.92. The number of aromatic nitrogens is 3. The van der Waals surface area contributed by atoms with Crippen LogP contribution in [0.4, 0.5) is 16.4 Å². The predicted molar refractivity (Wildman–Crippen MR) is 117 cm³/mol. The molecule has 4 rings (SSSR count). The minimum Gasteiger partial charge on any atom is -0.424 e. The van der Waals surface area contributed by atoms with Crippen molar-refractivity contribution in [3.63, 3.8) is 0 Å². The van der Waals surface area contributed by atoms with Crippen LogP contribution in [-0.2, 0) is 10.0 Å². The van der Waals surface area contributed by atoms with Gasteiger partial charge in [-0.25, -0.2) is 27.1 Å². The fraction of sp³-hybridized carbons (Fsp3) is 0.450. The molecule has 1 aromatic carbocycles. The highest BCUT2D eigenvalue weighted by atomic mass is 32.2. The molecule has 166 valence electrons. The molecule has 3 aromatic rings. The standard InChI is InChI=1S/C20H25FN6O3S/c1-12(2)23-20-25-16-10-13(4-5-17(16)30-20)18-15(21)11-22-19(26-18)24-14-6-8-27(9-7-14)31(3,28)29/h4-5,10-12,14H,6-9H2,1-3H3,(H,23,25)(H,22,24,26). The second-order valence-corrected chi connectivity index (χ2v) is 9.95. The SMILES string of the molecule is CC(C)Nc1nc2cc(-c3nc(NC4CCN(S(C)(=O)=O)CC4)ncc3F)ccc2o1. The zero-order valence-electron chi connectivity index (χ0n) is 17.6. The van der Waals surface area contributed by atoms with Crippen LogP contribution in [0.3, 0.4) is 0 Å². The Morgan fingerprint density at radius 1 is 1.23 bits per heavy atom. The van der Waals surface area contributed by atoms with Crippen molar-refractivity contribution in [2.24, 2.45) is 0 Å². The number of nitrogens with one attached hydrogen (secondary N) is 2. The average molecular weight is 449 g/mol. The van der Waals surface area contributed by atoms with Crippen molar-refractivity contribution in [3.8, 4) is 11.3 Å². The summed E-state index contributed by atoms with van der Waals surface area (Å²) in [5.74, 6) is -0.238. The average Bonchev–Trinajstić information content (AvgIpc) is 3.09. The van der Waals surface area contributed by atoms with Crippen LogP contribution in [0.5, 0.6) is 0 Å². The molecule has 11 heteroatoms. The van der Waals surface area contributed by atoms with Crippen molar-refractivity contribution < 1.29 is 17.2 Å². The van der Waals surface area contributed by atoms with Gasteiger partial charge < -0.3 is 15.1 Å². The smallest absolute Gasteiger partial charge is 0.295 e. The summed E-state index contributed by atoms with van der Waals surface area (Å²) in [7, 11) is -3.19. The van der Waals surface area contributed by atoms with Gasteiger partial charge in [0.15, 0.2) is 11.4 Å². The minimum atomic E-state index is -3.19. The van der Waals surface area contributed by atoms with Gasteiger partial charge in [-0.2, -0.15) is 4.98 Å². The van der Waals surface area contributed by atoms with Gasteiger partial charge in [0.1, 0.15) is 11.2 Å². The lowest BCUT2D eigenvalue weighted by Crippen LogP contribution is -2.42. The number of sulfonamides is 1. The lowest BCUT2D eigenvalue weighted by Gasteiger charge is -2.30. The summed E-state index contributed by atoms with van der Waals surface area (Å²) in [6, 6.07) is 5.78. The molecular formula is C20H25FN6O3S. The highest BCUT2D eigenvalue weighted by Crippen LogP contribution is 2.28. The van der Waals surface area contributed by atoms with Gasteiger partial charge >= 0.3 is 0 Å². The zero-order valence-corrected chi connectivity index (χ0v) is 18.4. The van der Waals surface area contributed by atoms with Gasteiger partial charge in [0.05, 0.1) is 12.5 Å². The summed E-state index contributed by atoms with van der Waals surface area (Å²) in [6.45, 7) is 4.83. The second-order valence-electron chi connectivity index (χ2n) is 7.97. The van der Waals surface area contributed by atoms with Crippen molar-refractivity contribution in [2.45, 2.75) is 38.8 Å². The van der Waals surface area contributed by atoms with E-state index in [1.807, 2.05) is 13.8 Å². The van der Waals surface area contributed by atoms with E-state index in [1.54, 1.807) is 18.2 Å². The maximum absolute atomic E-state index is 14.5. The molecule has 1 saturated heterocycles. The molecule has 0 atom stereocenters. The van der Waals surface area contributed by atoms with Crippen LogP contribution >= 0.6 is 0 Å². The van der Waals surface area contributed by atoms with Crippen LogP contribution in [0.25, 0.3) is 22.4 Å². The van der Waals surface area contributed by atoms with E-state index in [0.717, 1.165) is 6.20 Å². The Labute approximate surface area is 180 Å². The molecule has 0 unspecified atom stereocenters. The van der Waals surface area contributed by atoms with Crippen LogP contribution in [0.15, 0.2) is 28.8 Å². The molecule has 0 radical (unpaired) electrons. The van der Waals surface area contributed by atoms with E-state index in [0.29, 0.717) is 54.6 Å². The van der Waals surface area contributed by atoms with E-state index in [1.165, 1.54) is 10.6 Å². The number of halogens is 1. The molecule has 1 aliphatic heterocycles.